The fourth-order valence-electron chi connectivity index (χ4n) is 4.20. The third-order valence-corrected chi connectivity index (χ3v) is 5.59. The number of carbonyl (C=O) groups excluding carboxylic acids is 1. The fraction of sp³-hybridized carbons (Fsp3) is 0.450. The van der Waals surface area contributed by atoms with Gasteiger partial charge in [-0.2, -0.15) is 5.26 Å². The summed E-state index contributed by atoms with van der Waals surface area (Å²) >= 11 is 0. The van der Waals surface area contributed by atoms with Crippen molar-refractivity contribution in [3.05, 3.63) is 39.4 Å². The standard InChI is InChI=1S/C20H21FN4O3/c1-11-18-15(13(8-22)6-17(26)25(18)14-2-3-14)7-16(21)19(11)24-5-4-12(9-24)10-28-20(23)27/h6-7,12,14H,2-5,9-10H2,1H3,(H2,23,27). The Labute approximate surface area is 161 Å². The van der Waals surface area contributed by atoms with Crippen LogP contribution >= 0.6 is 0 Å². The van der Waals surface area contributed by atoms with Gasteiger partial charge in [0.05, 0.1) is 23.4 Å². The van der Waals surface area contributed by atoms with Gasteiger partial charge in [-0.05, 0) is 37.8 Å². The molecule has 1 aliphatic carbocycles. The number of aromatic nitrogens is 1. The van der Waals surface area contributed by atoms with Crippen molar-refractivity contribution < 1.29 is 13.9 Å². The van der Waals surface area contributed by atoms with E-state index >= 15 is 4.39 Å². The van der Waals surface area contributed by atoms with Crippen LogP contribution in [0.2, 0.25) is 0 Å². The largest absolute Gasteiger partial charge is 0.449 e. The van der Waals surface area contributed by atoms with E-state index in [1.165, 1.54) is 12.1 Å². The van der Waals surface area contributed by atoms with Crippen LogP contribution in [0.15, 0.2) is 16.9 Å². The number of carbonyl (C=O) groups is 1. The van der Waals surface area contributed by atoms with E-state index in [9.17, 15) is 14.9 Å². The molecule has 2 aromatic rings. The van der Waals surface area contributed by atoms with Gasteiger partial charge in [0.15, 0.2) is 0 Å². The summed E-state index contributed by atoms with van der Waals surface area (Å²) in [5.41, 5.74) is 6.74. The zero-order valence-electron chi connectivity index (χ0n) is 15.6. The number of ether oxygens (including phenoxy) is 1. The molecule has 2 aliphatic rings. The normalized spacial score (nSPS) is 19.0. The predicted octanol–water partition coefficient (Wildman–Crippen LogP) is 2.58. The van der Waals surface area contributed by atoms with E-state index in [1.54, 1.807) is 11.5 Å². The first kappa shape index (κ1) is 18.3. The Bertz CT molecular complexity index is 1070. The van der Waals surface area contributed by atoms with E-state index in [4.69, 9.17) is 10.5 Å². The van der Waals surface area contributed by atoms with Crippen LogP contribution in [-0.2, 0) is 4.74 Å². The molecule has 1 aromatic carbocycles. The van der Waals surface area contributed by atoms with Crippen LogP contribution in [-0.4, -0.2) is 30.4 Å². The summed E-state index contributed by atoms with van der Waals surface area (Å²) < 4.78 is 21.7. The number of anilines is 1. The number of hydrogen-bond donors (Lipinski definition) is 1. The summed E-state index contributed by atoms with van der Waals surface area (Å²) in [7, 11) is 0. The molecule has 1 amide bonds. The average molecular weight is 384 g/mol. The minimum atomic E-state index is -0.816. The number of fused-ring (bicyclic) bond motifs is 1. The van der Waals surface area contributed by atoms with E-state index in [-0.39, 0.29) is 29.7 Å². The number of benzene rings is 1. The summed E-state index contributed by atoms with van der Waals surface area (Å²) in [6, 6.07) is 4.79. The number of pyridine rings is 1. The molecule has 0 bridgehead atoms. The van der Waals surface area contributed by atoms with Crippen LogP contribution in [0.5, 0.6) is 0 Å². The minimum Gasteiger partial charge on any atom is -0.449 e. The Kier molecular flexibility index (Phi) is 4.46. The Morgan fingerprint density at radius 2 is 2.14 bits per heavy atom. The Balaban J connectivity index is 1.80. The molecule has 1 atom stereocenters. The Hall–Kier alpha value is -3.08. The van der Waals surface area contributed by atoms with Crippen LogP contribution in [0, 0.1) is 30.0 Å². The molecule has 7 nitrogen and oxygen atoms in total. The summed E-state index contributed by atoms with van der Waals surface area (Å²) in [6.45, 7) is 3.14. The molecule has 8 heteroatoms. The number of primary amides is 1. The monoisotopic (exact) mass is 384 g/mol. The van der Waals surface area contributed by atoms with Gasteiger partial charge < -0.3 is 19.9 Å². The maximum Gasteiger partial charge on any atom is 0.404 e. The van der Waals surface area contributed by atoms with Gasteiger partial charge in [-0.15, -0.1) is 0 Å². The highest BCUT2D eigenvalue weighted by atomic mass is 19.1. The van der Waals surface area contributed by atoms with E-state index in [2.05, 4.69) is 0 Å². The first-order valence-electron chi connectivity index (χ1n) is 9.36. The molecule has 1 unspecified atom stereocenters. The molecule has 4 rings (SSSR count). The Morgan fingerprint density at radius 1 is 1.39 bits per heavy atom. The average Bonchev–Trinajstić information content (AvgIpc) is 3.38. The molecule has 1 saturated carbocycles. The molecule has 0 spiro atoms. The van der Waals surface area contributed by atoms with Crippen LogP contribution in [0.3, 0.4) is 0 Å². The molecular formula is C20H21FN4O3. The fourth-order valence-corrected chi connectivity index (χ4v) is 4.20. The lowest BCUT2D eigenvalue weighted by atomic mass is 10.0. The van der Waals surface area contributed by atoms with Gasteiger partial charge in [0.1, 0.15) is 11.9 Å². The number of nitrogens with two attached hydrogens (primary N) is 1. The highest BCUT2D eigenvalue weighted by Crippen LogP contribution is 2.40. The number of nitriles is 1. The lowest BCUT2D eigenvalue weighted by molar-refractivity contribution is 0.140. The van der Waals surface area contributed by atoms with Crippen LogP contribution < -0.4 is 16.2 Å². The highest BCUT2D eigenvalue weighted by molar-refractivity contribution is 5.92. The lowest BCUT2D eigenvalue weighted by Gasteiger charge is -2.24. The van der Waals surface area contributed by atoms with Gasteiger partial charge in [0.2, 0.25) is 0 Å². The molecule has 1 aromatic heterocycles. The van der Waals surface area contributed by atoms with Crippen molar-refractivity contribution in [2.45, 2.75) is 32.2 Å². The first-order chi connectivity index (χ1) is 13.4. The van der Waals surface area contributed by atoms with E-state index in [0.29, 0.717) is 35.2 Å². The molecule has 28 heavy (non-hydrogen) atoms. The third kappa shape index (κ3) is 3.07. The Morgan fingerprint density at radius 3 is 2.79 bits per heavy atom. The number of amides is 1. The summed E-state index contributed by atoms with van der Waals surface area (Å²) in [5.74, 6) is -0.350. The maximum absolute atomic E-state index is 15.1. The minimum absolute atomic E-state index is 0.0677. The van der Waals surface area contributed by atoms with Crippen molar-refractivity contribution >= 4 is 22.7 Å². The van der Waals surface area contributed by atoms with Gasteiger partial charge >= 0.3 is 6.09 Å². The van der Waals surface area contributed by atoms with Crippen molar-refractivity contribution in [1.29, 1.82) is 5.26 Å². The lowest BCUT2D eigenvalue weighted by Crippen LogP contribution is -2.26. The summed E-state index contributed by atoms with van der Waals surface area (Å²) in [4.78, 5) is 25.4. The molecule has 2 fully saturated rings. The second kappa shape index (κ2) is 6.82. The molecule has 1 saturated heterocycles. The molecule has 0 radical (unpaired) electrons. The van der Waals surface area contributed by atoms with Crippen molar-refractivity contribution in [3.8, 4) is 6.07 Å². The van der Waals surface area contributed by atoms with Crippen molar-refractivity contribution in [2.75, 3.05) is 24.6 Å². The number of halogens is 1. The SMILES string of the molecule is Cc1c(N2CCC(COC(N)=O)C2)c(F)cc2c(C#N)cc(=O)n(C3CC3)c12. The highest BCUT2D eigenvalue weighted by Gasteiger charge is 2.31. The van der Waals surface area contributed by atoms with Gasteiger partial charge in [0.25, 0.3) is 5.56 Å². The van der Waals surface area contributed by atoms with E-state index in [1.807, 2.05) is 11.0 Å². The second-order valence-corrected chi connectivity index (χ2v) is 7.57. The number of nitrogens with zero attached hydrogens (tertiary/aromatic N) is 3. The summed E-state index contributed by atoms with van der Waals surface area (Å²) in [6.07, 6.45) is 1.74. The number of hydrogen-bond acceptors (Lipinski definition) is 5. The topological polar surface area (TPSA) is 101 Å². The van der Waals surface area contributed by atoms with Crippen LogP contribution in [0.4, 0.5) is 14.9 Å². The molecule has 2 heterocycles. The van der Waals surface area contributed by atoms with E-state index < -0.39 is 11.9 Å². The van der Waals surface area contributed by atoms with Gasteiger partial charge in [0, 0.05) is 36.5 Å². The van der Waals surface area contributed by atoms with Crippen molar-refractivity contribution in [3.63, 3.8) is 0 Å². The van der Waals surface area contributed by atoms with Crippen molar-refractivity contribution in [2.24, 2.45) is 11.7 Å². The predicted molar refractivity (Wildman–Crippen MR) is 102 cm³/mol. The molecule has 2 N–H and O–H groups in total. The third-order valence-electron chi connectivity index (χ3n) is 5.59. The second-order valence-electron chi connectivity index (χ2n) is 7.57. The summed E-state index contributed by atoms with van der Waals surface area (Å²) in [5, 5.41) is 9.90. The molecule has 1 aliphatic heterocycles. The van der Waals surface area contributed by atoms with Gasteiger partial charge in [-0.3, -0.25) is 4.79 Å². The smallest absolute Gasteiger partial charge is 0.404 e. The quantitative estimate of drug-likeness (QED) is 0.873. The maximum atomic E-state index is 15.1. The zero-order valence-corrected chi connectivity index (χ0v) is 15.6. The van der Waals surface area contributed by atoms with E-state index in [0.717, 1.165) is 19.3 Å². The zero-order chi connectivity index (χ0) is 20.0. The van der Waals surface area contributed by atoms with Gasteiger partial charge in [-0.25, -0.2) is 9.18 Å². The van der Waals surface area contributed by atoms with Crippen LogP contribution in [0.25, 0.3) is 10.9 Å². The van der Waals surface area contributed by atoms with Gasteiger partial charge in [-0.1, -0.05) is 0 Å². The van der Waals surface area contributed by atoms with Crippen molar-refractivity contribution in [1.82, 2.24) is 4.57 Å². The molecule has 146 valence electrons. The number of rotatable bonds is 4. The first-order valence-corrected chi connectivity index (χ1v) is 9.36. The molecular weight excluding hydrogens is 363 g/mol. The van der Waals surface area contributed by atoms with Crippen LogP contribution in [0.1, 0.15) is 36.4 Å². The number of aryl methyl sites for hydroxylation is 1.